The van der Waals surface area contributed by atoms with Crippen molar-refractivity contribution in [1.82, 2.24) is 9.78 Å². The number of thiophene rings is 1. The van der Waals surface area contributed by atoms with E-state index in [-0.39, 0.29) is 11.2 Å². The molecule has 0 saturated carbocycles. The normalized spacial score (nSPS) is 17.6. The van der Waals surface area contributed by atoms with Gasteiger partial charge in [0.25, 0.3) is 0 Å². The second kappa shape index (κ2) is 5.62. The summed E-state index contributed by atoms with van der Waals surface area (Å²) < 4.78 is 1.80. The fourth-order valence-corrected chi connectivity index (χ4v) is 4.41. The molecule has 0 fully saturated rings. The van der Waals surface area contributed by atoms with Crippen LogP contribution in [0.5, 0.6) is 0 Å². The number of hydrogen-bond donors (Lipinski definition) is 1. The van der Waals surface area contributed by atoms with Crippen LogP contribution in [0.4, 0.5) is 5.82 Å². The zero-order chi connectivity index (χ0) is 14.9. The zero-order valence-corrected chi connectivity index (χ0v) is 13.2. The SMILES string of the molecule is O=C1CS[C@H](c2ccsc2)c2cnn(-c3ccccc3)c2N1. The Morgan fingerprint density at radius 3 is 2.86 bits per heavy atom. The van der Waals surface area contributed by atoms with Crippen molar-refractivity contribution in [2.24, 2.45) is 0 Å². The largest absolute Gasteiger partial charge is 0.310 e. The first-order valence-corrected chi connectivity index (χ1v) is 8.89. The minimum atomic E-state index is 0.0154. The number of para-hydroxylation sites is 1. The maximum absolute atomic E-state index is 12.1. The number of nitrogens with zero attached hydrogens (tertiary/aromatic N) is 2. The van der Waals surface area contributed by atoms with Crippen molar-refractivity contribution in [1.29, 1.82) is 0 Å². The molecule has 1 aliphatic heterocycles. The van der Waals surface area contributed by atoms with Gasteiger partial charge in [0, 0.05) is 5.56 Å². The molecule has 4 nitrogen and oxygen atoms in total. The minimum Gasteiger partial charge on any atom is -0.310 e. The van der Waals surface area contributed by atoms with Crippen LogP contribution in [0.3, 0.4) is 0 Å². The highest BCUT2D eigenvalue weighted by atomic mass is 32.2. The van der Waals surface area contributed by atoms with Gasteiger partial charge < -0.3 is 5.32 Å². The number of hydrogen-bond acceptors (Lipinski definition) is 4. The Balaban J connectivity index is 1.85. The Morgan fingerprint density at radius 2 is 2.09 bits per heavy atom. The minimum absolute atomic E-state index is 0.0154. The molecular formula is C16H13N3OS2. The Labute approximate surface area is 136 Å². The van der Waals surface area contributed by atoms with E-state index in [9.17, 15) is 4.79 Å². The highest BCUT2D eigenvalue weighted by molar-refractivity contribution is 8.00. The fourth-order valence-electron chi connectivity index (χ4n) is 2.56. The van der Waals surface area contributed by atoms with Crippen LogP contribution in [0.1, 0.15) is 16.4 Å². The van der Waals surface area contributed by atoms with Crippen LogP contribution in [0.25, 0.3) is 5.69 Å². The third kappa shape index (κ3) is 2.34. The van der Waals surface area contributed by atoms with Gasteiger partial charge in [0.2, 0.25) is 5.91 Å². The van der Waals surface area contributed by atoms with Gasteiger partial charge in [0.15, 0.2) is 0 Å². The van der Waals surface area contributed by atoms with Crippen molar-refractivity contribution in [3.05, 3.63) is 64.5 Å². The molecule has 1 aliphatic rings. The number of carbonyl (C=O) groups excluding carboxylic acids is 1. The number of carbonyl (C=O) groups is 1. The first kappa shape index (κ1) is 13.6. The summed E-state index contributed by atoms with van der Waals surface area (Å²) in [5.41, 5.74) is 3.22. The van der Waals surface area contributed by atoms with E-state index >= 15 is 0 Å². The molecule has 3 aromatic rings. The smallest absolute Gasteiger partial charge is 0.235 e. The van der Waals surface area contributed by atoms with Crippen LogP contribution in [-0.2, 0) is 4.79 Å². The molecule has 1 atom stereocenters. The Morgan fingerprint density at radius 1 is 1.23 bits per heavy atom. The van der Waals surface area contributed by atoms with Crippen LogP contribution in [0.15, 0.2) is 53.4 Å². The molecule has 1 N–H and O–H groups in total. The Hall–Kier alpha value is -2.05. The highest BCUT2D eigenvalue weighted by Crippen LogP contribution is 2.42. The van der Waals surface area contributed by atoms with E-state index < -0.39 is 0 Å². The molecule has 1 amide bonds. The Bertz CT molecular complexity index is 796. The third-order valence-electron chi connectivity index (χ3n) is 3.57. The van der Waals surface area contributed by atoms with Crippen molar-refractivity contribution in [3.8, 4) is 5.69 Å². The summed E-state index contributed by atoms with van der Waals surface area (Å²) in [4.78, 5) is 12.1. The van der Waals surface area contributed by atoms with Crippen LogP contribution in [-0.4, -0.2) is 21.4 Å². The predicted molar refractivity (Wildman–Crippen MR) is 90.8 cm³/mol. The lowest BCUT2D eigenvalue weighted by Crippen LogP contribution is -2.15. The monoisotopic (exact) mass is 327 g/mol. The molecular weight excluding hydrogens is 314 g/mol. The van der Waals surface area contributed by atoms with E-state index in [1.54, 1.807) is 27.8 Å². The van der Waals surface area contributed by atoms with Gasteiger partial charge in [0.1, 0.15) is 5.82 Å². The second-order valence-electron chi connectivity index (χ2n) is 4.99. The molecule has 0 bridgehead atoms. The van der Waals surface area contributed by atoms with Crippen molar-refractivity contribution in [2.45, 2.75) is 5.25 Å². The van der Waals surface area contributed by atoms with Gasteiger partial charge in [-0.1, -0.05) is 18.2 Å². The van der Waals surface area contributed by atoms with E-state index in [4.69, 9.17) is 0 Å². The van der Waals surface area contributed by atoms with Gasteiger partial charge in [-0.05, 0) is 34.5 Å². The lowest BCUT2D eigenvalue weighted by Gasteiger charge is -2.12. The fraction of sp³-hybridized carbons (Fsp3) is 0.125. The number of anilines is 1. The molecule has 0 aliphatic carbocycles. The summed E-state index contributed by atoms with van der Waals surface area (Å²) in [6.45, 7) is 0. The molecule has 22 heavy (non-hydrogen) atoms. The molecule has 110 valence electrons. The van der Waals surface area contributed by atoms with Gasteiger partial charge >= 0.3 is 0 Å². The maximum atomic E-state index is 12.1. The number of nitrogens with one attached hydrogen (secondary N) is 1. The molecule has 0 radical (unpaired) electrons. The van der Waals surface area contributed by atoms with Crippen LogP contribution >= 0.6 is 23.1 Å². The zero-order valence-electron chi connectivity index (χ0n) is 11.6. The number of fused-ring (bicyclic) bond motifs is 1. The van der Waals surface area contributed by atoms with E-state index in [0.29, 0.717) is 5.75 Å². The van der Waals surface area contributed by atoms with Gasteiger partial charge in [-0.2, -0.15) is 16.4 Å². The van der Waals surface area contributed by atoms with Gasteiger partial charge in [-0.3, -0.25) is 4.79 Å². The van der Waals surface area contributed by atoms with Crippen LogP contribution in [0, 0.1) is 0 Å². The number of aromatic nitrogens is 2. The van der Waals surface area contributed by atoms with Gasteiger partial charge in [0.05, 0.1) is 22.9 Å². The van der Waals surface area contributed by atoms with Crippen molar-refractivity contribution in [3.63, 3.8) is 0 Å². The van der Waals surface area contributed by atoms with Gasteiger partial charge in [-0.15, -0.1) is 11.8 Å². The van der Waals surface area contributed by atoms with E-state index in [1.165, 1.54) is 5.56 Å². The number of rotatable bonds is 2. The average Bonchev–Trinajstić information content (AvgIpc) is 3.17. The first-order valence-electron chi connectivity index (χ1n) is 6.90. The second-order valence-corrected chi connectivity index (χ2v) is 6.87. The van der Waals surface area contributed by atoms with Crippen molar-refractivity contribution < 1.29 is 4.79 Å². The van der Waals surface area contributed by atoms with Crippen LogP contribution < -0.4 is 5.32 Å². The summed E-state index contributed by atoms with van der Waals surface area (Å²) in [6.07, 6.45) is 1.86. The third-order valence-corrected chi connectivity index (χ3v) is 5.56. The summed E-state index contributed by atoms with van der Waals surface area (Å²) in [5, 5.41) is 11.8. The van der Waals surface area contributed by atoms with Gasteiger partial charge in [-0.25, -0.2) is 4.68 Å². The molecule has 2 aromatic heterocycles. The number of benzene rings is 1. The molecule has 3 heterocycles. The highest BCUT2D eigenvalue weighted by Gasteiger charge is 2.28. The van der Waals surface area contributed by atoms with Crippen molar-refractivity contribution >= 4 is 34.8 Å². The lowest BCUT2D eigenvalue weighted by atomic mass is 10.1. The molecule has 0 unspecified atom stereocenters. The summed E-state index contributed by atoms with van der Waals surface area (Å²) in [6, 6.07) is 12.0. The van der Waals surface area contributed by atoms with E-state index in [2.05, 4.69) is 27.2 Å². The molecule has 6 heteroatoms. The average molecular weight is 327 g/mol. The molecule has 0 spiro atoms. The van der Waals surface area contributed by atoms with E-state index in [1.807, 2.05) is 36.5 Å². The van der Waals surface area contributed by atoms with Crippen molar-refractivity contribution in [2.75, 3.05) is 11.1 Å². The quantitative estimate of drug-likeness (QED) is 0.780. The molecule has 0 saturated heterocycles. The van der Waals surface area contributed by atoms with E-state index in [0.717, 1.165) is 17.1 Å². The topological polar surface area (TPSA) is 46.9 Å². The number of amides is 1. The summed E-state index contributed by atoms with van der Waals surface area (Å²) >= 11 is 3.32. The first-order chi connectivity index (χ1) is 10.8. The standard InChI is InChI=1S/C16H13N3OS2/c20-14-10-22-15(11-6-7-21-9-11)13-8-17-19(16(13)18-14)12-4-2-1-3-5-12/h1-9,15H,10H2,(H,18,20)/t15-/m1/s1. The number of thioether (sulfide) groups is 1. The Kier molecular flexibility index (Phi) is 3.48. The lowest BCUT2D eigenvalue weighted by molar-refractivity contribution is -0.113. The molecule has 4 rings (SSSR count). The maximum Gasteiger partial charge on any atom is 0.235 e. The molecule has 1 aromatic carbocycles. The van der Waals surface area contributed by atoms with Crippen LogP contribution in [0.2, 0.25) is 0 Å². The predicted octanol–water partition coefficient (Wildman–Crippen LogP) is 3.71. The summed E-state index contributed by atoms with van der Waals surface area (Å²) in [5.74, 6) is 1.24. The summed E-state index contributed by atoms with van der Waals surface area (Å²) in [7, 11) is 0.